The number of rotatable bonds is 2. The minimum Gasteiger partial charge on any atom is -0.355 e. The first kappa shape index (κ1) is 15.7. The van der Waals surface area contributed by atoms with Crippen molar-refractivity contribution in [3.63, 3.8) is 0 Å². The summed E-state index contributed by atoms with van der Waals surface area (Å²) in [6.07, 6.45) is 0. The fourth-order valence-corrected chi connectivity index (χ4v) is 5.20. The Morgan fingerprint density at radius 1 is 0.464 bits per heavy atom. The van der Waals surface area contributed by atoms with E-state index in [0.29, 0.717) is 0 Å². The molecule has 0 amide bonds. The Hall–Kier alpha value is -3.36. The average Bonchev–Trinajstić information content (AvgIpc) is 3.11. The van der Waals surface area contributed by atoms with Crippen LogP contribution in [0.3, 0.4) is 0 Å². The topological polar surface area (TPSA) is 12.0 Å². The highest BCUT2D eigenvalue weighted by Gasteiger charge is 2.06. The van der Waals surface area contributed by atoms with Gasteiger partial charge in [0.15, 0.2) is 0 Å². The molecular weight excluding hydrogens is 358 g/mol. The lowest BCUT2D eigenvalue weighted by molar-refractivity contribution is 1.60. The van der Waals surface area contributed by atoms with E-state index in [0.717, 1.165) is 11.4 Å². The predicted octanol–water partition coefficient (Wildman–Crippen LogP) is 8.10. The average molecular weight is 375 g/mol. The van der Waals surface area contributed by atoms with Gasteiger partial charge in [0, 0.05) is 31.5 Å². The van der Waals surface area contributed by atoms with Crippen molar-refractivity contribution in [3.05, 3.63) is 97.1 Å². The Kier molecular flexibility index (Phi) is 3.40. The van der Waals surface area contributed by atoms with Gasteiger partial charge in [-0.25, -0.2) is 0 Å². The van der Waals surface area contributed by atoms with E-state index < -0.39 is 0 Å². The SMILES string of the molecule is c1ccc2c(c1)ccc1ccc(Nc3ccc4c(c3)sc3ccccc34)cc12. The van der Waals surface area contributed by atoms with Gasteiger partial charge in [-0.1, -0.05) is 66.7 Å². The molecular formula is C26H17NS. The Morgan fingerprint density at radius 3 is 2.04 bits per heavy atom. The van der Waals surface area contributed by atoms with Gasteiger partial charge in [-0.2, -0.15) is 0 Å². The molecule has 6 rings (SSSR count). The second-order valence-corrected chi connectivity index (χ2v) is 8.24. The quantitative estimate of drug-likeness (QED) is 0.301. The smallest absolute Gasteiger partial charge is 0.0398 e. The van der Waals surface area contributed by atoms with Crippen molar-refractivity contribution < 1.29 is 0 Å². The summed E-state index contributed by atoms with van der Waals surface area (Å²) in [6, 6.07) is 34.9. The maximum atomic E-state index is 3.60. The first-order valence-electron chi connectivity index (χ1n) is 9.45. The van der Waals surface area contributed by atoms with Crippen LogP contribution >= 0.6 is 11.3 Å². The largest absolute Gasteiger partial charge is 0.355 e. The van der Waals surface area contributed by atoms with E-state index in [-0.39, 0.29) is 0 Å². The number of fused-ring (bicyclic) bond motifs is 6. The molecule has 6 aromatic rings. The minimum absolute atomic E-state index is 1.12. The molecule has 0 saturated heterocycles. The van der Waals surface area contributed by atoms with E-state index in [2.05, 4.69) is 102 Å². The van der Waals surface area contributed by atoms with Gasteiger partial charge in [0.05, 0.1) is 0 Å². The van der Waals surface area contributed by atoms with Crippen LogP contribution in [0.15, 0.2) is 97.1 Å². The van der Waals surface area contributed by atoms with Crippen molar-refractivity contribution in [1.82, 2.24) is 0 Å². The zero-order valence-corrected chi connectivity index (χ0v) is 16.0. The zero-order chi connectivity index (χ0) is 18.5. The predicted molar refractivity (Wildman–Crippen MR) is 124 cm³/mol. The van der Waals surface area contributed by atoms with Crippen molar-refractivity contribution >= 4 is 64.4 Å². The lowest BCUT2D eigenvalue weighted by atomic mass is 10.0. The highest BCUT2D eigenvalue weighted by Crippen LogP contribution is 2.36. The molecule has 0 aliphatic rings. The number of hydrogen-bond donors (Lipinski definition) is 1. The molecule has 0 bridgehead atoms. The summed E-state index contributed by atoms with van der Waals surface area (Å²) in [6.45, 7) is 0. The zero-order valence-electron chi connectivity index (χ0n) is 15.1. The molecule has 2 heteroatoms. The summed E-state index contributed by atoms with van der Waals surface area (Å²) >= 11 is 1.85. The number of hydrogen-bond acceptors (Lipinski definition) is 2. The van der Waals surface area contributed by atoms with Gasteiger partial charge in [-0.05, 0) is 51.9 Å². The molecule has 0 atom stereocenters. The molecule has 0 fully saturated rings. The van der Waals surface area contributed by atoms with Crippen LogP contribution in [-0.2, 0) is 0 Å². The summed E-state index contributed by atoms with van der Waals surface area (Å²) in [5.41, 5.74) is 2.24. The van der Waals surface area contributed by atoms with Gasteiger partial charge < -0.3 is 5.32 Å². The van der Waals surface area contributed by atoms with Gasteiger partial charge >= 0.3 is 0 Å². The summed E-state index contributed by atoms with van der Waals surface area (Å²) in [7, 11) is 0. The fourth-order valence-electron chi connectivity index (χ4n) is 4.05. The van der Waals surface area contributed by atoms with E-state index in [1.807, 2.05) is 11.3 Å². The first-order chi connectivity index (χ1) is 13.8. The van der Waals surface area contributed by atoms with Crippen LogP contribution in [0.1, 0.15) is 0 Å². The van der Waals surface area contributed by atoms with Crippen molar-refractivity contribution in [2.45, 2.75) is 0 Å². The molecule has 1 aromatic heterocycles. The van der Waals surface area contributed by atoms with E-state index in [1.54, 1.807) is 0 Å². The fraction of sp³-hybridized carbons (Fsp3) is 0. The summed E-state index contributed by atoms with van der Waals surface area (Å²) in [4.78, 5) is 0. The van der Waals surface area contributed by atoms with E-state index in [4.69, 9.17) is 0 Å². The third-order valence-corrected chi connectivity index (χ3v) is 6.55. The second kappa shape index (κ2) is 6.08. The molecule has 0 radical (unpaired) electrons. The van der Waals surface area contributed by atoms with Gasteiger partial charge in [-0.15, -0.1) is 11.3 Å². The summed E-state index contributed by atoms with van der Waals surface area (Å²) in [5.74, 6) is 0. The van der Waals surface area contributed by atoms with Gasteiger partial charge in [-0.3, -0.25) is 0 Å². The molecule has 0 saturated carbocycles. The number of anilines is 2. The summed E-state index contributed by atoms with van der Waals surface area (Å²) < 4.78 is 2.66. The second-order valence-electron chi connectivity index (χ2n) is 7.16. The molecule has 1 N–H and O–H groups in total. The highest BCUT2D eigenvalue weighted by molar-refractivity contribution is 7.25. The van der Waals surface area contributed by atoms with Crippen LogP contribution in [0.25, 0.3) is 41.7 Å². The third-order valence-electron chi connectivity index (χ3n) is 5.41. The highest BCUT2D eigenvalue weighted by atomic mass is 32.1. The van der Waals surface area contributed by atoms with Crippen molar-refractivity contribution in [3.8, 4) is 0 Å². The molecule has 1 nitrogen and oxygen atoms in total. The van der Waals surface area contributed by atoms with Crippen molar-refractivity contribution in [1.29, 1.82) is 0 Å². The minimum atomic E-state index is 1.12. The molecule has 1 heterocycles. The van der Waals surface area contributed by atoms with Crippen LogP contribution in [-0.4, -0.2) is 0 Å². The van der Waals surface area contributed by atoms with Crippen molar-refractivity contribution in [2.75, 3.05) is 5.32 Å². The Bertz CT molecular complexity index is 1490. The van der Waals surface area contributed by atoms with Crippen molar-refractivity contribution in [2.24, 2.45) is 0 Å². The number of benzene rings is 5. The molecule has 0 aliphatic heterocycles. The maximum absolute atomic E-state index is 3.60. The maximum Gasteiger partial charge on any atom is 0.0398 e. The lowest BCUT2D eigenvalue weighted by Crippen LogP contribution is -1.90. The molecule has 0 spiro atoms. The Balaban J connectivity index is 1.45. The molecule has 28 heavy (non-hydrogen) atoms. The third kappa shape index (κ3) is 2.46. The standard InChI is InChI=1S/C26H17NS/c1-2-6-21-17(5-1)9-10-18-11-12-19(15-24(18)21)27-20-13-14-23-22-7-3-4-8-25(22)28-26(23)16-20/h1-16,27H. The van der Waals surface area contributed by atoms with Gasteiger partial charge in [0.25, 0.3) is 0 Å². The van der Waals surface area contributed by atoms with Gasteiger partial charge in [0.2, 0.25) is 0 Å². The van der Waals surface area contributed by atoms with E-state index >= 15 is 0 Å². The Labute approximate surface area is 166 Å². The number of thiophene rings is 1. The monoisotopic (exact) mass is 375 g/mol. The molecule has 0 aliphatic carbocycles. The molecule has 132 valence electrons. The van der Waals surface area contributed by atoms with E-state index in [9.17, 15) is 0 Å². The lowest BCUT2D eigenvalue weighted by Gasteiger charge is -2.10. The molecule has 5 aromatic carbocycles. The van der Waals surface area contributed by atoms with Crippen LogP contribution in [0.5, 0.6) is 0 Å². The van der Waals surface area contributed by atoms with E-state index in [1.165, 1.54) is 41.7 Å². The van der Waals surface area contributed by atoms with Gasteiger partial charge in [0.1, 0.15) is 0 Å². The number of nitrogens with one attached hydrogen (secondary N) is 1. The first-order valence-corrected chi connectivity index (χ1v) is 10.3. The summed E-state index contributed by atoms with van der Waals surface area (Å²) in [5, 5.41) is 11.4. The van der Waals surface area contributed by atoms with Crippen LogP contribution in [0.2, 0.25) is 0 Å². The van der Waals surface area contributed by atoms with Crippen LogP contribution < -0.4 is 5.32 Å². The molecule has 0 unspecified atom stereocenters. The van der Waals surface area contributed by atoms with Crippen LogP contribution in [0.4, 0.5) is 11.4 Å². The normalized spacial score (nSPS) is 11.6. The Morgan fingerprint density at radius 2 is 1.11 bits per heavy atom. The van der Waals surface area contributed by atoms with Crippen LogP contribution in [0, 0.1) is 0 Å².